The molecule has 0 fully saturated rings. The van der Waals surface area contributed by atoms with E-state index in [-0.39, 0.29) is 22.9 Å². The van der Waals surface area contributed by atoms with Crippen molar-refractivity contribution in [1.82, 2.24) is 5.16 Å². The van der Waals surface area contributed by atoms with E-state index in [1.54, 1.807) is 7.11 Å². The maximum absolute atomic E-state index is 11.8. The molecule has 0 saturated carbocycles. The Morgan fingerprint density at radius 1 is 1.37 bits per heavy atom. The van der Waals surface area contributed by atoms with Gasteiger partial charge in [0.2, 0.25) is 17.3 Å². The Labute approximate surface area is 116 Å². The molecule has 1 aromatic heterocycles. The van der Waals surface area contributed by atoms with Crippen molar-refractivity contribution < 1.29 is 18.8 Å². The number of fused-ring (bicyclic) bond motifs is 1. The normalized spacial score (nSPS) is 13.5. The van der Waals surface area contributed by atoms with Gasteiger partial charge in [0, 0.05) is 19.8 Å². The number of rotatable bonds is 4. The molecule has 5 nitrogen and oxygen atoms in total. The number of Topliss-reactive ketones (excluding diaryl/α,β-unsaturated/α-hetero) is 1. The summed E-state index contributed by atoms with van der Waals surface area (Å²) in [6.07, 6.45) is 3.59. The Balaban J connectivity index is 0.000000399. The fraction of sp³-hybridized carbons (Fsp3) is 0.462. The molecule has 6 heteroatoms. The quantitative estimate of drug-likeness (QED) is 0.846. The molecule has 104 valence electrons. The van der Waals surface area contributed by atoms with Crippen molar-refractivity contribution >= 4 is 23.3 Å². The zero-order valence-corrected chi connectivity index (χ0v) is 12.1. The van der Waals surface area contributed by atoms with Crippen LogP contribution in [0, 0.1) is 0 Å². The van der Waals surface area contributed by atoms with Crippen LogP contribution in [-0.2, 0) is 4.74 Å². The second-order valence-electron chi connectivity index (χ2n) is 3.70. The van der Waals surface area contributed by atoms with Crippen LogP contribution in [0.4, 0.5) is 0 Å². The number of carbonyl (C=O) groups excluding carboxylic acids is 2. The third-order valence-corrected chi connectivity index (χ3v) is 3.50. The average molecular weight is 283 g/mol. The van der Waals surface area contributed by atoms with Gasteiger partial charge in [-0.25, -0.2) is 0 Å². The number of allylic oxidation sites excluding steroid dienone is 2. The van der Waals surface area contributed by atoms with Crippen molar-refractivity contribution in [2.24, 2.45) is 0 Å². The Hall–Kier alpha value is -1.40. The topological polar surface area (TPSA) is 69.4 Å². The van der Waals surface area contributed by atoms with Gasteiger partial charge in [-0.2, -0.15) is 0 Å². The summed E-state index contributed by atoms with van der Waals surface area (Å²) in [5.74, 6) is 0.441. The number of hydrogen-bond donors (Lipinski definition) is 0. The second kappa shape index (κ2) is 7.91. The molecule has 2 rings (SSSR count). The summed E-state index contributed by atoms with van der Waals surface area (Å²) in [6, 6.07) is 0. The molecule has 0 saturated heterocycles. The number of hydrogen-bond acceptors (Lipinski definition) is 6. The highest BCUT2D eigenvalue weighted by atomic mass is 32.2. The number of thioether (sulfide) groups is 1. The van der Waals surface area contributed by atoms with Crippen molar-refractivity contribution in [1.29, 1.82) is 0 Å². The van der Waals surface area contributed by atoms with Crippen LogP contribution in [0.3, 0.4) is 0 Å². The van der Waals surface area contributed by atoms with E-state index in [1.807, 2.05) is 13.8 Å². The third kappa shape index (κ3) is 4.04. The number of nitrogens with zero attached hydrogens (tertiary/aromatic N) is 1. The first-order chi connectivity index (χ1) is 9.15. The SMILES string of the molecule is CCCSC1=CC(=O)c2oncc2C1=O.CCOC. The fourth-order valence-electron chi connectivity index (χ4n) is 1.28. The van der Waals surface area contributed by atoms with Crippen LogP contribution in [0.1, 0.15) is 41.2 Å². The molecular formula is C13H17NO4S. The lowest BCUT2D eigenvalue weighted by Crippen LogP contribution is -2.13. The van der Waals surface area contributed by atoms with Crippen LogP contribution in [0.5, 0.6) is 0 Å². The zero-order chi connectivity index (χ0) is 14.3. The van der Waals surface area contributed by atoms with E-state index in [9.17, 15) is 9.59 Å². The van der Waals surface area contributed by atoms with Crippen LogP contribution < -0.4 is 0 Å². The van der Waals surface area contributed by atoms with Gasteiger partial charge in [0.25, 0.3) is 0 Å². The lowest BCUT2D eigenvalue weighted by molar-refractivity contribution is 0.0967. The standard InChI is InChI=1S/C10H9NO3S.C3H8O/c1-2-3-15-8-4-7(12)10-6(9(8)13)5-11-14-10;1-3-4-2/h4-5H,2-3H2,1H3;3H2,1-2H3. The highest BCUT2D eigenvalue weighted by Crippen LogP contribution is 2.28. The molecule has 0 unspecified atom stereocenters. The minimum Gasteiger partial charge on any atom is -0.385 e. The summed E-state index contributed by atoms with van der Waals surface area (Å²) < 4.78 is 9.26. The Morgan fingerprint density at radius 2 is 2.05 bits per heavy atom. The molecule has 0 amide bonds. The molecule has 0 N–H and O–H groups in total. The largest absolute Gasteiger partial charge is 0.385 e. The molecule has 1 heterocycles. The van der Waals surface area contributed by atoms with Gasteiger partial charge in [-0.05, 0) is 19.1 Å². The fourth-order valence-corrected chi connectivity index (χ4v) is 2.14. The van der Waals surface area contributed by atoms with Gasteiger partial charge in [-0.15, -0.1) is 11.8 Å². The van der Waals surface area contributed by atoms with Crippen molar-refractivity contribution in [2.75, 3.05) is 19.5 Å². The van der Waals surface area contributed by atoms with Crippen LogP contribution in [0.25, 0.3) is 0 Å². The molecule has 0 aromatic carbocycles. The predicted molar refractivity (Wildman–Crippen MR) is 73.5 cm³/mol. The zero-order valence-electron chi connectivity index (χ0n) is 11.3. The number of methoxy groups -OCH3 is 1. The average Bonchev–Trinajstić information content (AvgIpc) is 2.91. The van der Waals surface area contributed by atoms with E-state index in [2.05, 4.69) is 9.89 Å². The van der Waals surface area contributed by atoms with Gasteiger partial charge >= 0.3 is 0 Å². The Kier molecular flexibility index (Phi) is 6.52. The molecule has 1 aliphatic carbocycles. The van der Waals surface area contributed by atoms with E-state index in [4.69, 9.17) is 4.52 Å². The maximum Gasteiger partial charge on any atom is 0.225 e. The lowest BCUT2D eigenvalue weighted by atomic mass is 10.0. The first-order valence-corrected chi connectivity index (χ1v) is 7.01. The molecule has 0 aliphatic heterocycles. The minimum atomic E-state index is -0.277. The minimum absolute atomic E-state index is 0.0563. The van der Waals surface area contributed by atoms with Crippen LogP contribution >= 0.6 is 11.8 Å². The maximum atomic E-state index is 11.8. The van der Waals surface area contributed by atoms with E-state index in [0.29, 0.717) is 4.91 Å². The van der Waals surface area contributed by atoms with E-state index < -0.39 is 0 Å². The monoisotopic (exact) mass is 283 g/mol. The van der Waals surface area contributed by atoms with Gasteiger partial charge in [-0.1, -0.05) is 12.1 Å². The molecule has 0 spiro atoms. The van der Waals surface area contributed by atoms with Gasteiger partial charge in [-0.3, -0.25) is 9.59 Å². The van der Waals surface area contributed by atoms with Gasteiger partial charge in [0.05, 0.1) is 16.7 Å². The smallest absolute Gasteiger partial charge is 0.225 e. The second-order valence-corrected chi connectivity index (χ2v) is 4.83. The highest BCUT2D eigenvalue weighted by Gasteiger charge is 2.29. The predicted octanol–water partition coefficient (Wildman–Crippen LogP) is 2.73. The summed E-state index contributed by atoms with van der Waals surface area (Å²) in [7, 11) is 1.68. The van der Waals surface area contributed by atoms with Crippen LogP contribution in [0.2, 0.25) is 0 Å². The van der Waals surface area contributed by atoms with E-state index >= 15 is 0 Å². The molecule has 0 radical (unpaired) electrons. The number of aromatic nitrogens is 1. The molecular weight excluding hydrogens is 266 g/mol. The first-order valence-electron chi connectivity index (χ1n) is 6.02. The van der Waals surface area contributed by atoms with E-state index in [1.165, 1.54) is 24.0 Å². The summed E-state index contributed by atoms with van der Waals surface area (Å²) >= 11 is 1.40. The highest BCUT2D eigenvalue weighted by molar-refractivity contribution is 8.04. The Bertz CT molecular complexity index is 477. The molecule has 1 aliphatic rings. The first kappa shape index (κ1) is 15.7. The van der Waals surface area contributed by atoms with Gasteiger partial charge in [0.1, 0.15) is 0 Å². The van der Waals surface area contributed by atoms with Crippen LogP contribution in [0.15, 0.2) is 21.7 Å². The van der Waals surface area contributed by atoms with Crippen molar-refractivity contribution in [3.8, 4) is 0 Å². The van der Waals surface area contributed by atoms with Gasteiger partial charge in [0.15, 0.2) is 0 Å². The molecule has 0 atom stereocenters. The lowest BCUT2D eigenvalue weighted by Gasteiger charge is -2.08. The third-order valence-electron chi connectivity index (χ3n) is 2.28. The van der Waals surface area contributed by atoms with Crippen molar-refractivity contribution in [2.45, 2.75) is 20.3 Å². The number of ether oxygens (including phenoxy) is 1. The number of carbonyl (C=O) groups is 2. The molecule has 1 aromatic rings. The molecule has 0 bridgehead atoms. The van der Waals surface area contributed by atoms with Crippen molar-refractivity contribution in [3.05, 3.63) is 28.5 Å². The van der Waals surface area contributed by atoms with Crippen molar-refractivity contribution in [3.63, 3.8) is 0 Å². The summed E-state index contributed by atoms with van der Waals surface area (Å²) in [4.78, 5) is 23.8. The van der Waals surface area contributed by atoms with Crippen LogP contribution in [-0.4, -0.2) is 36.2 Å². The van der Waals surface area contributed by atoms with E-state index in [0.717, 1.165) is 18.8 Å². The summed E-state index contributed by atoms with van der Waals surface area (Å²) in [5.41, 5.74) is 0.279. The van der Waals surface area contributed by atoms with Gasteiger partial charge < -0.3 is 9.26 Å². The molecule has 19 heavy (non-hydrogen) atoms. The number of ketones is 2. The summed E-state index contributed by atoms with van der Waals surface area (Å²) in [6.45, 7) is 4.80. The summed E-state index contributed by atoms with van der Waals surface area (Å²) in [5, 5.41) is 3.46. The Morgan fingerprint density at radius 3 is 2.63 bits per heavy atom.